The van der Waals surface area contributed by atoms with E-state index in [1.165, 1.54) is 37.3 Å². The van der Waals surface area contributed by atoms with E-state index in [1.54, 1.807) is 0 Å². The van der Waals surface area contributed by atoms with E-state index in [4.69, 9.17) is 10.00 Å². The van der Waals surface area contributed by atoms with Gasteiger partial charge >= 0.3 is 5.97 Å². The Hall–Kier alpha value is -2.61. The third kappa shape index (κ3) is 4.28. The molecule has 0 saturated carbocycles. The summed E-state index contributed by atoms with van der Waals surface area (Å²) in [6.07, 6.45) is 0.649. The fourth-order valence-corrected chi connectivity index (χ4v) is 1.28. The van der Waals surface area contributed by atoms with E-state index in [9.17, 15) is 9.59 Å². The lowest BCUT2D eigenvalue weighted by Gasteiger charge is -2.12. The first-order valence-corrected chi connectivity index (χ1v) is 5.68. The van der Waals surface area contributed by atoms with Crippen molar-refractivity contribution >= 4 is 11.9 Å². The summed E-state index contributed by atoms with van der Waals surface area (Å²) in [5, 5.41) is 11.2. The highest BCUT2D eigenvalue weighted by Crippen LogP contribution is 2.06. The Bertz CT molecular complexity index is 514. The minimum Gasteiger partial charge on any atom is -0.449 e. The maximum absolute atomic E-state index is 11.7. The van der Waals surface area contributed by atoms with Crippen LogP contribution in [0.1, 0.15) is 22.8 Å². The lowest BCUT2D eigenvalue weighted by atomic mass is 10.1. The van der Waals surface area contributed by atoms with Crippen molar-refractivity contribution in [2.75, 3.05) is 6.54 Å². The van der Waals surface area contributed by atoms with E-state index in [0.717, 1.165) is 0 Å². The molecule has 0 bridgehead atoms. The van der Waals surface area contributed by atoms with Crippen LogP contribution in [0.3, 0.4) is 0 Å². The second kappa shape index (κ2) is 6.97. The number of nitrogens with one attached hydrogen (secondary N) is 1. The lowest BCUT2D eigenvalue weighted by Crippen LogP contribution is -2.35. The van der Waals surface area contributed by atoms with E-state index in [-0.39, 0.29) is 5.91 Å². The van der Waals surface area contributed by atoms with Crippen molar-refractivity contribution in [2.45, 2.75) is 13.0 Å². The van der Waals surface area contributed by atoms with Crippen LogP contribution in [0.4, 0.5) is 0 Å². The molecule has 0 heterocycles. The molecule has 5 nitrogen and oxygen atoms in total. The van der Waals surface area contributed by atoms with Gasteiger partial charge in [-0.3, -0.25) is 4.79 Å². The Morgan fingerprint density at radius 1 is 1.47 bits per heavy atom. The van der Waals surface area contributed by atoms with Crippen LogP contribution in [-0.4, -0.2) is 24.5 Å². The maximum atomic E-state index is 11.7. The topological polar surface area (TPSA) is 79.2 Å². The van der Waals surface area contributed by atoms with E-state index >= 15 is 0 Å². The van der Waals surface area contributed by atoms with Gasteiger partial charge in [-0.2, -0.15) is 5.26 Å². The van der Waals surface area contributed by atoms with Gasteiger partial charge in [0.25, 0.3) is 5.91 Å². The quantitative estimate of drug-likeness (QED) is 0.639. The predicted octanol–water partition coefficient (Wildman–Crippen LogP) is 1.41. The molecule has 1 aromatic rings. The minimum atomic E-state index is -0.886. The van der Waals surface area contributed by atoms with Crippen molar-refractivity contribution in [1.82, 2.24) is 5.32 Å². The van der Waals surface area contributed by atoms with E-state index in [0.29, 0.717) is 17.7 Å². The van der Waals surface area contributed by atoms with Gasteiger partial charge in [-0.25, -0.2) is 4.79 Å². The predicted molar refractivity (Wildman–Crippen MR) is 69.2 cm³/mol. The van der Waals surface area contributed by atoms with Crippen LogP contribution in [0.5, 0.6) is 0 Å². The van der Waals surface area contributed by atoms with Gasteiger partial charge in [0.05, 0.1) is 17.2 Å². The SMILES string of the molecule is C=CCNC(=O)C(C)OC(=O)c1ccc(C#N)cc1. The number of esters is 1. The van der Waals surface area contributed by atoms with Gasteiger partial charge in [-0.15, -0.1) is 6.58 Å². The summed E-state index contributed by atoms with van der Waals surface area (Å²) in [6, 6.07) is 7.94. The molecule has 1 N–H and O–H groups in total. The first-order chi connectivity index (χ1) is 9.08. The van der Waals surface area contributed by atoms with Crippen LogP contribution in [0.15, 0.2) is 36.9 Å². The zero-order chi connectivity index (χ0) is 14.3. The van der Waals surface area contributed by atoms with Gasteiger partial charge in [0, 0.05) is 6.54 Å². The molecule has 1 amide bonds. The van der Waals surface area contributed by atoms with Crippen LogP contribution in [0.25, 0.3) is 0 Å². The number of ether oxygens (including phenoxy) is 1. The Kier molecular flexibility index (Phi) is 5.30. The average Bonchev–Trinajstić information content (AvgIpc) is 2.44. The zero-order valence-corrected chi connectivity index (χ0v) is 10.6. The first kappa shape index (κ1) is 14.5. The first-order valence-electron chi connectivity index (χ1n) is 5.68. The van der Waals surface area contributed by atoms with Crippen LogP contribution in [-0.2, 0) is 9.53 Å². The molecule has 0 aliphatic carbocycles. The molecule has 1 rings (SSSR count). The number of rotatable bonds is 5. The van der Waals surface area contributed by atoms with E-state index in [1.807, 2.05) is 6.07 Å². The number of nitrogens with zero attached hydrogens (tertiary/aromatic N) is 1. The van der Waals surface area contributed by atoms with Crippen molar-refractivity contribution in [2.24, 2.45) is 0 Å². The highest BCUT2D eigenvalue weighted by atomic mass is 16.5. The summed E-state index contributed by atoms with van der Waals surface area (Å²) in [5.41, 5.74) is 0.746. The van der Waals surface area contributed by atoms with Crippen LogP contribution >= 0.6 is 0 Å². The molecule has 0 aliphatic heterocycles. The molecule has 0 fully saturated rings. The average molecular weight is 258 g/mol. The van der Waals surface area contributed by atoms with Crippen LogP contribution in [0, 0.1) is 11.3 Å². The molecule has 1 atom stereocenters. The number of hydrogen-bond acceptors (Lipinski definition) is 4. The van der Waals surface area contributed by atoms with Crippen LogP contribution in [0.2, 0.25) is 0 Å². The van der Waals surface area contributed by atoms with Crippen molar-refractivity contribution in [3.8, 4) is 6.07 Å². The summed E-state index contributed by atoms with van der Waals surface area (Å²) >= 11 is 0. The Labute approximate surface area is 111 Å². The Morgan fingerprint density at radius 3 is 2.63 bits per heavy atom. The molecule has 98 valence electrons. The molecule has 5 heteroatoms. The number of hydrogen-bond donors (Lipinski definition) is 1. The highest BCUT2D eigenvalue weighted by molar-refractivity contribution is 5.92. The zero-order valence-electron chi connectivity index (χ0n) is 10.6. The number of carbonyl (C=O) groups is 2. The van der Waals surface area contributed by atoms with Crippen LogP contribution < -0.4 is 5.32 Å². The van der Waals surface area contributed by atoms with E-state index < -0.39 is 12.1 Å². The third-order valence-electron chi connectivity index (χ3n) is 2.32. The Morgan fingerprint density at radius 2 is 2.11 bits per heavy atom. The fraction of sp³-hybridized carbons (Fsp3) is 0.214. The summed E-state index contributed by atoms with van der Waals surface area (Å²) in [6.45, 7) is 5.27. The van der Waals surface area contributed by atoms with Gasteiger partial charge in [-0.05, 0) is 31.2 Å². The van der Waals surface area contributed by atoms with Gasteiger partial charge in [0.2, 0.25) is 0 Å². The lowest BCUT2D eigenvalue weighted by molar-refractivity contribution is -0.128. The normalized spacial score (nSPS) is 10.9. The largest absolute Gasteiger partial charge is 0.449 e. The summed E-state index contributed by atoms with van der Waals surface area (Å²) in [7, 11) is 0. The number of nitriles is 1. The molecule has 0 spiro atoms. The van der Waals surface area contributed by atoms with Gasteiger partial charge in [0.1, 0.15) is 0 Å². The van der Waals surface area contributed by atoms with Crippen molar-refractivity contribution in [3.63, 3.8) is 0 Å². The Balaban J connectivity index is 2.61. The monoisotopic (exact) mass is 258 g/mol. The molecule has 0 aromatic heterocycles. The smallest absolute Gasteiger partial charge is 0.338 e. The second-order valence-electron chi connectivity index (χ2n) is 3.77. The summed E-state index contributed by atoms with van der Waals surface area (Å²) < 4.78 is 5.00. The molecule has 19 heavy (non-hydrogen) atoms. The molecule has 0 radical (unpaired) electrons. The minimum absolute atomic E-state index is 0.294. The summed E-state index contributed by atoms with van der Waals surface area (Å²) in [4.78, 5) is 23.2. The number of amides is 1. The summed E-state index contributed by atoms with van der Waals surface area (Å²) in [5.74, 6) is -0.993. The standard InChI is InChI=1S/C14H14N2O3/c1-3-8-16-13(17)10(2)19-14(18)12-6-4-11(9-15)5-7-12/h3-7,10H,1,8H2,2H3,(H,16,17). The van der Waals surface area contributed by atoms with Gasteiger partial charge < -0.3 is 10.1 Å². The molecule has 1 aromatic carbocycles. The molecule has 1 unspecified atom stereocenters. The van der Waals surface area contributed by atoms with E-state index in [2.05, 4.69) is 11.9 Å². The fourth-order valence-electron chi connectivity index (χ4n) is 1.28. The van der Waals surface area contributed by atoms with Crippen molar-refractivity contribution in [3.05, 3.63) is 48.0 Å². The van der Waals surface area contributed by atoms with Gasteiger partial charge in [-0.1, -0.05) is 6.08 Å². The number of benzene rings is 1. The van der Waals surface area contributed by atoms with Crippen molar-refractivity contribution in [1.29, 1.82) is 5.26 Å². The third-order valence-corrected chi connectivity index (χ3v) is 2.32. The highest BCUT2D eigenvalue weighted by Gasteiger charge is 2.18. The molecule has 0 saturated heterocycles. The molecular weight excluding hydrogens is 244 g/mol. The maximum Gasteiger partial charge on any atom is 0.338 e. The number of carbonyl (C=O) groups excluding carboxylic acids is 2. The van der Waals surface area contributed by atoms with Gasteiger partial charge in [0.15, 0.2) is 6.10 Å². The molecular formula is C14H14N2O3. The van der Waals surface area contributed by atoms with Crippen molar-refractivity contribution < 1.29 is 14.3 Å². The molecule has 0 aliphatic rings. The second-order valence-corrected chi connectivity index (χ2v) is 3.77.